The molecule has 1 amide bonds. The number of benzene rings is 1. The van der Waals surface area contributed by atoms with Crippen molar-refractivity contribution < 1.29 is 4.79 Å². The highest BCUT2D eigenvalue weighted by atomic mass is 16.1. The van der Waals surface area contributed by atoms with Gasteiger partial charge in [-0.1, -0.05) is 31.2 Å². The van der Waals surface area contributed by atoms with Crippen molar-refractivity contribution in [2.24, 2.45) is 11.7 Å². The molecule has 2 unspecified atom stereocenters. The molecule has 1 aromatic carbocycles. The van der Waals surface area contributed by atoms with Crippen molar-refractivity contribution in [2.75, 3.05) is 6.54 Å². The van der Waals surface area contributed by atoms with Crippen LogP contribution in [0.15, 0.2) is 24.3 Å². The van der Waals surface area contributed by atoms with Crippen LogP contribution in [0.3, 0.4) is 0 Å². The number of rotatable bonds is 5. The van der Waals surface area contributed by atoms with E-state index in [2.05, 4.69) is 24.4 Å². The van der Waals surface area contributed by atoms with E-state index < -0.39 is 0 Å². The quantitative estimate of drug-likeness (QED) is 0.813. The van der Waals surface area contributed by atoms with E-state index in [0.717, 1.165) is 6.42 Å². The minimum absolute atomic E-state index is 0.0357. The molecule has 0 aromatic heterocycles. The Morgan fingerprint density at radius 1 is 1.35 bits per heavy atom. The van der Waals surface area contributed by atoms with Gasteiger partial charge in [-0.3, -0.25) is 4.79 Å². The SMILES string of the molecule is Cc1ccccc1CC(C)NC(=O)C(C)CN. The maximum absolute atomic E-state index is 11.7. The van der Waals surface area contributed by atoms with Crippen molar-refractivity contribution in [3.05, 3.63) is 35.4 Å². The summed E-state index contributed by atoms with van der Waals surface area (Å²) in [5.41, 5.74) is 8.01. The van der Waals surface area contributed by atoms with Crippen molar-refractivity contribution in [2.45, 2.75) is 33.2 Å². The van der Waals surface area contributed by atoms with E-state index in [1.807, 2.05) is 26.0 Å². The fraction of sp³-hybridized carbons (Fsp3) is 0.500. The highest BCUT2D eigenvalue weighted by Crippen LogP contribution is 2.09. The maximum atomic E-state index is 11.7. The molecule has 0 aliphatic heterocycles. The molecule has 1 rings (SSSR count). The van der Waals surface area contributed by atoms with Crippen LogP contribution in [0.1, 0.15) is 25.0 Å². The molecule has 3 nitrogen and oxygen atoms in total. The summed E-state index contributed by atoms with van der Waals surface area (Å²) in [6, 6.07) is 8.38. The van der Waals surface area contributed by atoms with Crippen LogP contribution in [0.25, 0.3) is 0 Å². The zero-order chi connectivity index (χ0) is 12.8. The summed E-state index contributed by atoms with van der Waals surface area (Å²) in [6.07, 6.45) is 0.857. The lowest BCUT2D eigenvalue weighted by Crippen LogP contribution is -2.39. The predicted octanol–water partition coefficient (Wildman–Crippen LogP) is 1.64. The van der Waals surface area contributed by atoms with Crippen LogP contribution in [0.4, 0.5) is 0 Å². The molecule has 94 valence electrons. The molecule has 3 N–H and O–H groups in total. The van der Waals surface area contributed by atoms with Crippen LogP contribution < -0.4 is 11.1 Å². The Hall–Kier alpha value is -1.35. The Morgan fingerprint density at radius 3 is 2.59 bits per heavy atom. The molecule has 3 heteroatoms. The van der Waals surface area contributed by atoms with Gasteiger partial charge in [0.25, 0.3) is 0 Å². The van der Waals surface area contributed by atoms with E-state index in [0.29, 0.717) is 6.54 Å². The van der Waals surface area contributed by atoms with E-state index in [1.165, 1.54) is 11.1 Å². The van der Waals surface area contributed by atoms with E-state index in [4.69, 9.17) is 5.73 Å². The summed E-state index contributed by atoms with van der Waals surface area (Å²) in [4.78, 5) is 11.7. The van der Waals surface area contributed by atoms with Gasteiger partial charge >= 0.3 is 0 Å². The number of aryl methyl sites for hydroxylation is 1. The van der Waals surface area contributed by atoms with E-state index in [-0.39, 0.29) is 17.9 Å². The van der Waals surface area contributed by atoms with Crippen molar-refractivity contribution >= 4 is 5.91 Å². The standard InChI is InChI=1S/C14H22N2O/c1-10-6-4-5-7-13(10)8-12(3)16-14(17)11(2)9-15/h4-7,11-12H,8-9,15H2,1-3H3,(H,16,17). The van der Waals surface area contributed by atoms with Gasteiger partial charge in [-0.05, 0) is 31.4 Å². The minimum atomic E-state index is -0.116. The number of hydrogen-bond donors (Lipinski definition) is 2. The fourth-order valence-corrected chi connectivity index (χ4v) is 1.71. The maximum Gasteiger partial charge on any atom is 0.224 e. The van der Waals surface area contributed by atoms with Crippen molar-refractivity contribution in [1.82, 2.24) is 5.32 Å². The Labute approximate surface area is 103 Å². The largest absolute Gasteiger partial charge is 0.353 e. The first-order valence-electron chi connectivity index (χ1n) is 6.09. The summed E-state index contributed by atoms with van der Waals surface area (Å²) >= 11 is 0. The molecule has 1 aromatic rings. The molecule has 0 fully saturated rings. The molecule has 0 spiro atoms. The Bertz CT molecular complexity index is 376. The summed E-state index contributed by atoms with van der Waals surface area (Å²) in [5.74, 6) is -0.0806. The first-order valence-corrected chi connectivity index (χ1v) is 6.09. The molecule has 0 radical (unpaired) electrons. The molecule has 0 aliphatic rings. The van der Waals surface area contributed by atoms with Gasteiger partial charge in [0.05, 0.1) is 0 Å². The summed E-state index contributed by atoms with van der Waals surface area (Å²) in [6.45, 7) is 6.35. The smallest absolute Gasteiger partial charge is 0.224 e. The first kappa shape index (κ1) is 13.7. The molecular weight excluding hydrogens is 212 g/mol. The molecule has 0 saturated heterocycles. The van der Waals surface area contributed by atoms with Crippen LogP contribution in [-0.4, -0.2) is 18.5 Å². The van der Waals surface area contributed by atoms with Gasteiger partial charge in [-0.2, -0.15) is 0 Å². The lowest BCUT2D eigenvalue weighted by Gasteiger charge is -2.17. The van der Waals surface area contributed by atoms with Gasteiger partial charge in [-0.25, -0.2) is 0 Å². The van der Waals surface area contributed by atoms with E-state index >= 15 is 0 Å². The van der Waals surface area contributed by atoms with Gasteiger partial charge in [-0.15, -0.1) is 0 Å². The first-order chi connectivity index (χ1) is 8.04. The van der Waals surface area contributed by atoms with Gasteiger partial charge < -0.3 is 11.1 Å². The summed E-state index contributed by atoms with van der Waals surface area (Å²) in [7, 11) is 0. The molecule has 0 saturated carbocycles. The van der Waals surface area contributed by atoms with Gasteiger partial charge in [0, 0.05) is 18.5 Å². The van der Waals surface area contributed by atoms with Gasteiger partial charge in [0.15, 0.2) is 0 Å². The van der Waals surface area contributed by atoms with E-state index in [9.17, 15) is 4.79 Å². The van der Waals surface area contributed by atoms with Gasteiger partial charge in [0.1, 0.15) is 0 Å². The molecule has 0 bridgehead atoms. The third-order valence-corrected chi connectivity index (χ3v) is 2.98. The predicted molar refractivity (Wildman–Crippen MR) is 70.7 cm³/mol. The fourth-order valence-electron chi connectivity index (χ4n) is 1.71. The lowest BCUT2D eigenvalue weighted by molar-refractivity contribution is -0.124. The summed E-state index contributed by atoms with van der Waals surface area (Å²) < 4.78 is 0. The highest BCUT2D eigenvalue weighted by molar-refractivity contribution is 5.78. The van der Waals surface area contributed by atoms with Crippen LogP contribution >= 0.6 is 0 Å². The Morgan fingerprint density at radius 2 is 2.00 bits per heavy atom. The second-order valence-corrected chi connectivity index (χ2v) is 4.68. The number of nitrogens with one attached hydrogen (secondary N) is 1. The monoisotopic (exact) mass is 234 g/mol. The number of carbonyl (C=O) groups excluding carboxylic acids is 1. The Kier molecular flexibility index (Phi) is 5.16. The second kappa shape index (κ2) is 6.40. The topological polar surface area (TPSA) is 55.1 Å². The second-order valence-electron chi connectivity index (χ2n) is 4.68. The van der Waals surface area contributed by atoms with Crippen LogP contribution in [0, 0.1) is 12.8 Å². The molecule has 2 atom stereocenters. The van der Waals surface area contributed by atoms with Crippen LogP contribution in [0.2, 0.25) is 0 Å². The van der Waals surface area contributed by atoms with Crippen LogP contribution in [0.5, 0.6) is 0 Å². The third kappa shape index (κ3) is 4.19. The van der Waals surface area contributed by atoms with Crippen LogP contribution in [-0.2, 0) is 11.2 Å². The highest BCUT2D eigenvalue weighted by Gasteiger charge is 2.14. The van der Waals surface area contributed by atoms with Crippen molar-refractivity contribution in [1.29, 1.82) is 0 Å². The zero-order valence-corrected chi connectivity index (χ0v) is 10.9. The minimum Gasteiger partial charge on any atom is -0.353 e. The number of amides is 1. The number of hydrogen-bond acceptors (Lipinski definition) is 2. The molecule has 0 heterocycles. The van der Waals surface area contributed by atoms with Gasteiger partial charge in [0.2, 0.25) is 5.91 Å². The van der Waals surface area contributed by atoms with Crippen molar-refractivity contribution in [3.63, 3.8) is 0 Å². The number of carbonyl (C=O) groups is 1. The normalized spacial score (nSPS) is 14.1. The molecular formula is C14H22N2O. The molecule has 17 heavy (non-hydrogen) atoms. The molecule has 0 aliphatic carbocycles. The lowest BCUT2D eigenvalue weighted by atomic mass is 10.0. The van der Waals surface area contributed by atoms with E-state index in [1.54, 1.807) is 0 Å². The number of nitrogens with two attached hydrogens (primary N) is 1. The third-order valence-electron chi connectivity index (χ3n) is 2.98. The average Bonchev–Trinajstić information content (AvgIpc) is 2.31. The summed E-state index contributed by atoms with van der Waals surface area (Å²) in [5, 5.41) is 2.99. The van der Waals surface area contributed by atoms with Crippen molar-refractivity contribution in [3.8, 4) is 0 Å². The Balaban J connectivity index is 2.53. The average molecular weight is 234 g/mol. The zero-order valence-electron chi connectivity index (χ0n) is 10.9.